The highest BCUT2D eigenvalue weighted by atomic mass is 32.1. The maximum absolute atomic E-state index is 12.1. The van der Waals surface area contributed by atoms with Crippen molar-refractivity contribution in [3.8, 4) is 0 Å². The van der Waals surface area contributed by atoms with E-state index in [0.29, 0.717) is 12.1 Å². The SMILES string of the molecule is Cc1cc(NN)ccc1C(=O)NCc1sccc1C. The molecule has 0 unspecified atom stereocenters. The van der Waals surface area contributed by atoms with Crippen LogP contribution in [0.3, 0.4) is 0 Å². The number of aryl methyl sites for hydroxylation is 2. The number of carbonyl (C=O) groups is 1. The minimum absolute atomic E-state index is 0.0612. The molecule has 5 heteroatoms. The molecule has 100 valence electrons. The molecule has 2 aromatic rings. The summed E-state index contributed by atoms with van der Waals surface area (Å²) in [7, 11) is 0. The lowest BCUT2D eigenvalue weighted by molar-refractivity contribution is 0.0950. The maximum atomic E-state index is 12.1. The zero-order valence-corrected chi connectivity index (χ0v) is 11.8. The number of thiophene rings is 1. The summed E-state index contributed by atoms with van der Waals surface area (Å²) in [4.78, 5) is 13.3. The molecule has 0 atom stereocenters. The Kier molecular flexibility index (Phi) is 4.19. The van der Waals surface area contributed by atoms with Gasteiger partial charge >= 0.3 is 0 Å². The molecular weight excluding hydrogens is 258 g/mol. The maximum Gasteiger partial charge on any atom is 0.251 e. The molecule has 1 heterocycles. The van der Waals surface area contributed by atoms with Crippen molar-refractivity contribution in [3.05, 3.63) is 51.2 Å². The molecule has 4 nitrogen and oxygen atoms in total. The van der Waals surface area contributed by atoms with Crippen LogP contribution in [0.2, 0.25) is 0 Å². The summed E-state index contributed by atoms with van der Waals surface area (Å²) >= 11 is 1.66. The van der Waals surface area contributed by atoms with Crippen LogP contribution in [-0.2, 0) is 6.54 Å². The minimum atomic E-state index is -0.0612. The number of rotatable bonds is 4. The van der Waals surface area contributed by atoms with Gasteiger partial charge in [-0.2, -0.15) is 0 Å². The van der Waals surface area contributed by atoms with E-state index in [1.807, 2.05) is 25.3 Å². The predicted octanol–water partition coefficient (Wildman–Crippen LogP) is 2.58. The van der Waals surface area contributed by atoms with Gasteiger partial charge in [0.1, 0.15) is 0 Å². The summed E-state index contributed by atoms with van der Waals surface area (Å²) in [6.45, 7) is 4.51. The van der Waals surface area contributed by atoms with Crippen LogP contribution in [0.1, 0.15) is 26.4 Å². The fraction of sp³-hybridized carbons (Fsp3) is 0.214. The molecule has 0 radical (unpaired) electrons. The average molecular weight is 275 g/mol. The molecule has 4 N–H and O–H groups in total. The van der Waals surface area contributed by atoms with Gasteiger partial charge in [-0.15, -0.1) is 11.3 Å². The van der Waals surface area contributed by atoms with E-state index in [1.165, 1.54) is 10.4 Å². The number of amides is 1. The van der Waals surface area contributed by atoms with Crippen LogP contribution in [0.4, 0.5) is 5.69 Å². The number of nitrogen functional groups attached to an aromatic ring is 1. The van der Waals surface area contributed by atoms with Crippen LogP contribution in [0.5, 0.6) is 0 Å². The predicted molar refractivity (Wildman–Crippen MR) is 79.2 cm³/mol. The van der Waals surface area contributed by atoms with Crippen LogP contribution in [0.15, 0.2) is 29.6 Å². The number of hydrogen-bond donors (Lipinski definition) is 3. The summed E-state index contributed by atoms with van der Waals surface area (Å²) in [5.74, 6) is 5.27. The molecule has 0 aliphatic rings. The lowest BCUT2D eigenvalue weighted by Gasteiger charge is -2.09. The molecule has 19 heavy (non-hydrogen) atoms. The third-order valence-electron chi connectivity index (χ3n) is 3.02. The number of anilines is 1. The van der Waals surface area contributed by atoms with Crippen molar-refractivity contribution in [2.24, 2.45) is 5.84 Å². The first kappa shape index (κ1) is 13.6. The Balaban J connectivity index is 2.06. The van der Waals surface area contributed by atoms with E-state index < -0.39 is 0 Å². The number of benzene rings is 1. The molecule has 1 aromatic heterocycles. The highest BCUT2D eigenvalue weighted by Gasteiger charge is 2.10. The fourth-order valence-corrected chi connectivity index (χ4v) is 2.70. The topological polar surface area (TPSA) is 67.1 Å². The minimum Gasteiger partial charge on any atom is -0.347 e. The van der Waals surface area contributed by atoms with Crippen LogP contribution in [-0.4, -0.2) is 5.91 Å². The Bertz CT molecular complexity index is 592. The molecular formula is C14H17N3OS. The zero-order chi connectivity index (χ0) is 13.8. The lowest BCUT2D eigenvalue weighted by Crippen LogP contribution is -2.23. The third kappa shape index (κ3) is 3.13. The van der Waals surface area contributed by atoms with Crippen LogP contribution >= 0.6 is 11.3 Å². The van der Waals surface area contributed by atoms with E-state index in [9.17, 15) is 4.79 Å². The molecule has 0 fully saturated rings. The van der Waals surface area contributed by atoms with Gasteiger partial charge in [0.15, 0.2) is 0 Å². The van der Waals surface area contributed by atoms with Crippen LogP contribution in [0.25, 0.3) is 0 Å². The van der Waals surface area contributed by atoms with Crippen molar-refractivity contribution >= 4 is 22.9 Å². The highest BCUT2D eigenvalue weighted by molar-refractivity contribution is 7.10. The molecule has 0 saturated carbocycles. The smallest absolute Gasteiger partial charge is 0.251 e. The monoisotopic (exact) mass is 275 g/mol. The first-order valence-electron chi connectivity index (χ1n) is 6.00. The standard InChI is InChI=1S/C14H17N3OS/c1-9-5-6-19-13(9)8-16-14(18)12-4-3-11(17-15)7-10(12)2/h3-7,17H,8,15H2,1-2H3,(H,16,18). The van der Waals surface area contributed by atoms with Crippen molar-refractivity contribution in [1.29, 1.82) is 0 Å². The lowest BCUT2D eigenvalue weighted by atomic mass is 10.1. The van der Waals surface area contributed by atoms with Crippen molar-refractivity contribution < 1.29 is 4.79 Å². The van der Waals surface area contributed by atoms with E-state index >= 15 is 0 Å². The molecule has 1 aromatic carbocycles. The van der Waals surface area contributed by atoms with Gasteiger partial charge < -0.3 is 10.7 Å². The molecule has 0 spiro atoms. The number of nitrogens with one attached hydrogen (secondary N) is 2. The number of nitrogens with two attached hydrogens (primary N) is 1. The van der Waals surface area contributed by atoms with Crippen LogP contribution in [0, 0.1) is 13.8 Å². The Morgan fingerprint density at radius 3 is 2.63 bits per heavy atom. The van der Waals surface area contributed by atoms with Crippen molar-refractivity contribution in [2.45, 2.75) is 20.4 Å². The Labute approximate surface area is 116 Å². The summed E-state index contributed by atoms with van der Waals surface area (Å²) in [5, 5.41) is 4.97. The molecule has 0 bridgehead atoms. The van der Waals surface area contributed by atoms with E-state index in [4.69, 9.17) is 5.84 Å². The summed E-state index contributed by atoms with van der Waals surface area (Å²) in [6, 6.07) is 7.48. The summed E-state index contributed by atoms with van der Waals surface area (Å²) in [5.41, 5.74) is 6.15. The summed E-state index contributed by atoms with van der Waals surface area (Å²) < 4.78 is 0. The summed E-state index contributed by atoms with van der Waals surface area (Å²) in [6.07, 6.45) is 0. The quantitative estimate of drug-likeness (QED) is 0.593. The molecule has 2 rings (SSSR count). The van der Waals surface area contributed by atoms with Gasteiger partial charge in [-0.1, -0.05) is 0 Å². The fourth-order valence-electron chi connectivity index (χ4n) is 1.85. The number of hydrogen-bond acceptors (Lipinski definition) is 4. The third-order valence-corrected chi connectivity index (χ3v) is 4.04. The first-order valence-corrected chi connectivity index (χ1v) is 6.88. The van der Waals surface area contributed by atoms with Crippen molar-refractivity contribution in [3.63, 3.8) is 0 Å². The Hall–Kier alpha value is -1.85. The molecule has 0 aliphatic carbocycles. The molecule has 1 amide bonds. The van der Waals surface area contributed by atoms with Gasteiger partial charge in [0.05, 0.1) is 6.54 Å². The zero-order valence-electron chi connectivity index (χ0n) is 11.0. The molecule has 0 aliphatic heterocycles. The second-order valence-corrected chi connectivity index (χ2v) is 5.38. The van der Waals surface area contributed by atoms with Crippen LogP contribution < -0.4 is 16.6 Å². The second-order valence-electron chi connectivity index (χ2n) is 4.38. The van der Waals surface area contributed by atoms with Gasteiger partial charge in [0.25, 0.3) is 5.91 Å². The van der Waals surface area contributed by atoms with Crippen molar-refractivity contribution in [1.82, 2.24) is 5.32 Å². The van der Waals surface area contributed by atoms with E-state index in [2.05, 4.69) is 16.8 Å². The van der Waals surface area contributed by atoms with Crippen molar-refractivity contribution in [2.75, 3.05) is 5.43 Å². The van der Waals surface area contributed by atoms with Gasteiger partial charge in [0, 0.05) is 16.1 Å². The van der Waals surface area contributed by atoms with Gasteiger partial charge in [-0.3, -0.25) is 10.6 Å². The van der Waals surface area contributed by atoms with E-state index in [0.717, 1.165) is 11.3 Å². The Morgan fingerprint density at radius 2 is 2.05 bits per heavy atom. The van der Waals surface area contributed by atoms with Gasteiger partial charge in [-0.05, 0) is 54.6 Å². The number of hydrazine groups is 1. The number of carbonyl (C=O) groups excluding carboxylic acids is 1. The van der Waals surface area contributed by atoms with E-state index in [1.54, 1.807) is 23.5 Å². The first-order chi connectivity index (χ1) is 9.11. The molecule has 0 saturated heterocycles. The normalized spacial score (nSPS) is 10.3. The van der Waals surface area contributed by atoms with E-state index in [-0.39, 0.29) is 5.91 Å². The largest absolute Gasteiger partial charge is 0.347 e. The Morgan fingerprint density at radius 1 is 1.26 bits per heavy atom. The average Bonchev–Trinajstić information content (AvgIpc) is 2.81. The van der Waals surface area contributed by atoms with Gasteiger partial charge in [-0.25, -0.2) is 0 Å². The highest BCUT2D eigenvalue weighted by Crippen LogP contribution is 2.17. The second kappa shape index (κ2) is 5.86. The van der Waals surface area contributed by atoms with Gasteiger partial charge in [0.2, 0.25) is 0 Å².